The number of hydrogen-bond donors (Lipinski definition) is 1. The third-order valence-corrected chi connectivity index (χ3v) is 4.72. The van der Waals surface area contributed by atoms with Crippen LogP contribution in [0.1, 0.15) is 104 Å². The summed E-state index contributed by atoms with van der Waals surface area (Å²) in [6.45, 7) is 4.49. The Morgan fingerprint density at radius 1 is 0.773 bits per heavy atom. The summed E-state index contributed by atoms with van der Waals surface area (Å²) in [4.78, 5) is 11.5. The Bertz CT molecular complexity index is 255. The third-order valence-electron chi connectivity index (χ3n) is 4.72. The molecule has 2 unspecified atom stereocenters. The first kappa shape index (κ1) is 19.3. The highest BCUT2D eigenvalue weighted by Crippen LogP contribution is 2.21. The number of cyclic esters (lactones) is 1. The number of ether oxygens (including phenoxy) is 1. The molecule has 0 aliphatic carbocycles. The molecule has 0 spiro atoms. The summed E-state index contributed by atoms with van der Waals surface area (Å²) in [6.07, 6.45) is 17.6. The van der Waals surface area contributed by atoms with Crippen molar-refractivity contribution in [2.45, 2.75) is 116 Å². The standard InChI is InChI=1S/C19H37NO2/c1-3-5-7-9-11-13-15-17-18(22-19(21)20-17)16-14-12-10-8-6-4-2/h17-18H,3-16H2,1-2H3,(H,20,21). The highest BCUT2D eigenvalue weighted by Gasteiger charge is 2.32. The summed E-state index contributed by atoms with van der Waals surface area (Å²) in [5.41, 5.74) is 0. The molecule has 1 fully saturated rings. The second-order valence-corrected chi connectivity index (χ2v) is 6.81. The zero-order valence-corrected chi connectivity index (χ0v) is 14.9. The van der Waals surface area contributed by atoms with Crippen LogP contribution in [0.4, 0.5) is 4.79 Å². The first-order valence-corrected chi connectivity index (χ1v) is 9.75. The zero-order valence-electron chi connectivity index (χ0n) is 14.9. The number of rotatable bonds is 14. The van der Waals surface area contributed by atoms with Gasteiger partial charge in [0.15, 0.2) is 0 Å². The largest absolute Gasteiger partial charge is 0.444 e. The van der Waals surface area contributed by atoms with Crippen LogP contribution in [0, 0.1) is 0 Å². The number of amides is 1. The molecule has 0 aromatic heterocycles. The van der Waals surface area contributed by atoms with E-state index in [1.165, 1.54) is 77.0 Å². The molecule has 2 atom stereocenters. The van der Waals surface area contributed by atoms with E-state index in [2.05, 4.69) is 19.2 Å². The zero-order chi connectivity index (χ0) is 16.0. The highest BCUT2D eigenvalue weighted by atomic mass is 16.6. The van der Waals surface area contributed by atoms with Crippen molar-refractivity contribution in [1.29, 1.82) is 0 Å². The van der Waals surface area contributed by atoms with Crippen molar-refractivity contribution in [3.63, 3.8) is 0 Å². The van der Waals surface area contributed by atoms with E-state index in [0.717, 1.165) is 12.8 Å². The van der Waals surface area contributed by atoms with Crippen molar-refractivity contribution < 1.29 is 9.53 Å². The summed E-state index contributed by atoms with van der Waals surface area (Å²) in [5.74, 6) is 0. The summed E-state index contributed by atoms with van der Waals surface area (Å²) >= 11 is 0. The monoisotopic (exact) mass is 311 g/mol. The van der Waals surface area contributed by atoms with Gasteiger partial charge in [-0.1, -0.05) is 84.5 Å². The molecule has 1 amide bonds. The fourth-order valence-corrected chi connectivity index (χ4v) is 3.29. The Balaban J connectivity index is 2.08. The van der Waals surface area contributed by atoms with Crippen LogP contribution >= 0.6 is 0 Å². The predicted molar refractivity (Wildman–Crippen MR) is 93.2 cm³/mol. The summed E-state index contributed by atoms with van der Waals surface area (Å²) < 4.78 is 5.45. The minimum atomic E-state index is -0.202. The molecule has 3 nitrogen and oxygen atoms in total. The van der Waals surface area contributed by atoms with Crippen LogP contribution in [-0.4, -0.2) is 18.2 Å². The Morgan fingerprint density at radius 2 is 1.27 bits per heavy atom. The van der Waals surface area contributed by atoms with Gasteiger partial charge in [0, 0.05) is 0 Å². The van der Waals surface area contributed by atoms with E-state index in [9.17, 15) is 4.79 Å². The third kappa shape index (κ3) is 8.65. The van der Waals surface area contributed by atoms with E-state index in [-0.39, 0.29) is 18.2 Å². The summed E-state index contributed by atoms with van der Waals surface area (Å²) in [5, 5.41) is 3.01. The maximum absolute atomic E-state index is 11.5. The molecule has 1 heterocycles. The Hall–Kier alpha value is -0.730. The summed E-state index contributed by atoms with van der Waals surface area (Å²) in [6, 6.07) is 0.259. The Labute approximate surface area is 137 Å². The second-order valence-electron chi connectivity index (χ2n) is 6.81. The molecule has 3 heteroatoms. The number of hydrogen-bond acceptors (Lipinski definition) is 2. The van der Waals surface area contributed by atoms with E-state index < -0.39 is 0 Å². The molecule has 1 aliphatic heterocycles. The van der Waals surface area contributed by atoms with Crippen molar-refractivity contribution in [3.05, 3.63) is 0 Å². The van der Waals surface area contributed by atoms with Crippen molar-refractivity contribution in [2.24, 2.45) is 0 Å². The average molecular weight is 312 g/mol. The minimum absolute atomic E-state index is 0.120. The molecule has 1 saturated heterocycles. The van der Waals surface area contributed by atoms with Gasteiger partial charge in [-0.15, -0.1) is 0 Å². The first-order valence-electron chi connectivity index (χ1n) is 9.75. The molecule has 0 radical (unpaired) electrons. The SMILES string of the molecule is CCCCCCCCC1NC(=O)OC1CCCCCCCC. The molecular formula is C19H37NO2. The first-order chi connectivity index (χ1) is 10.8. The molecule has 1 N–H and O–H groups in total. The molecule has 0 aromatic rings. The predicted octanol–water partition coefficient (Wildman–Crippen LogP) is 5.96. The number of unbranched alkanes of at least 4 members (excludes halogenated alkanes) is 10. The summed E-state index contributed by atoms with van der Waals surface area (Å²) in [7, 11) is 0. The van der Waals surface area contributed by atoms with Crippen LogP contribution in [0.15, 0.2) is 0 Å². The topological polar surface area (TPSA) is 38.3 Å². The number of alkyl carbamates (subject to hydrolysis) is 1. The van der Waals surface area contributed by atoms with Gasteiger partial charge in [-0.3, -0.25) is 0 Å². The van der Waals surface area contributed by atoms with Crippen LogP contribution in [0.3, 0.4) is 0 Å². The number of carbonyl (C=O) groups is 1. The normalized spacial score (nSPS) is 20.9. The maximum Gasteiger partial charge on any atom is 0.407 e. The average Bonchev–Trinajstić information content (AvgIpc) is 2.86. The van der Waals surface area contributed by atoms with E-state index in [1.807, 2.05) is 0 Å². The Kier molecular flexibility index (Phi) is 11.2. The van der Waals surface area contributed by atoms with Gasteiger partial charge in [-0.05, 0) is 19.3 Å². The van der Waals surface area contributed by atoms with Gasteiger partial charge in [0.2, 0.25) is 0 Å². The van der Waals surface area contributed by atoms with Gasteiger partial charge in [-0.25, -0.2) is 4.79 Å². The Morgan fingerprint density at radius 3 is 1.86 bits per heavy atom. The molecule has 0 aromatic carbocycles. The van der Waals surface area contributed by atoms with Gasteiger partial charge >= 0.3 is 6.09 Å². The van der Waals surface area contributed by atoms with Crippen molar-refractivity contribution in [3.8, 4) is 0 Å². The fraction of sp³-hybridized carbons (Fsp3) is 0.947. The lowest BCUT2D eigenvalue weighted by Crippen LogP contribution is -2.31. The lowest BCUT2D eigenvalue weighted by Gasteiger charge is -2.16. The fourth-order valence-electron chi connectivity index (χ4n) is 3.29. The van der Waals surface area contributed by atoms with Crippen LogP contribution in [-0.2, 0) is 4.74 Å². The second kappa shape index (κ2) is 12.8. The smallest absolute Gasteiger partial charge is 0.407 e. The van der Waals surface area contributed by atoms with Gasteiger partial charge < -0.3 is 10.1 Å². The number of nitrogens with one attached hydrogen (secondary N) is 1. The van der Waals surface area contributed by atoms with Crippen molar-refractivity contribution in [2.75, 3.05) is 0 Å². The van der Waals surface area contributed by atoms with Gasteiger partial charge in [0.25, 0.3) is 0 Å². The molecule has 0 saturated carbocycles. The molecule has 22 heavy (non-hydrogen) atoms. The van der Waals surface area contributed by atoms with Crippen LogP contribution in [0.5, 0.6) is 0 Å². The molecule has 0 bridgehead atoms. The van der Waals surface area contributed by atoms with E-state index in [0.29, 0.717) is 0 Å². The number of carbonyl (C=O) groups excluding carboxylic acids is 1. The van der Waals surface area contributed by atoms with Crippen LogP contribution in [0.2, 0.25) is 0 Å². The molecule has 130 valence electrons. The molecular weight excluding hydrogens is 274 g/mol. The molecule has 1 aliphatic rings. The quantitative estimate of drug-likeness (QED) is 0.402. The van der Waals surface area contributed by atoms with E-state index in [4.69, 9.17) is 4.74 Å². The maximum atomic E-state index is 11.5. The lowest BCUT2D eigenvalue weighted by molar-refractivity contribution is 0.122. The van der Waals surface area contributed by atoms with E-state index in [1.54, 1.807) is 0 Å². The lowest BCUT2D eigenvalue weighted by atomic mass is 9.98. The van der Waals surface area contributed by atoms with Gasteiger partial charge in [0.05, 0.1) is 6.04 Å². The van der Waals surface area contributed by atoms with Crippen LogP contribution < -0.4 is 5.32 Å². The van der Waals surface area contributed by atoms with Gasteiger partial charge in [0.1, 0.15) is 6.10 Å². The van der Waals surface area contributed by atoms with Crippen LogP contribution in [0.25, 0.3) is 0 Å². The van der Waals surface area contributed by atoms with Crippen molar-refractivity contribution in [1.82, 2.24) is 5.32 Å². The highest BCUT2D eigenvalue weighted by molar-refractivity contribution is 5.70. The van der Waals surface area contributed by atoms with Gasteiger partial charge in [-0.2, -0.15) is 0 Å². The van der Waals surface area contributed by atoms with Crippen molar-refractivity contribution >= 4 is 6.09 Å². The minimum Gasteiger partial charge on any atom is -0.444 e. The molecule has 1 rings (SSSR count). The van der Waals surface area contributed by atoms with E-state index >= 15 is 0 Å².